The molecule has 0 N–H and O–H groups in total. The first-order chi connectivity index (χ1) is 9.58. The Morgan fingerprint density at radius 2 is 2.25 bits per heavy atom. The van der Waals surface area contributed by atoms with E-state index < -0.39 is 0 Å². The summed E-state index contributed by atoms with van der Waals surface area (Å²) in [5.74, 6) is 0.341. The predicted molar refractivity (Wildman–Crippen MR) is 71.2 cm³/mol. The van der Waals surface area contributed by atoms with Crippen LogP contribution >= 0.6 is 0 Å². The summed E-state index contributed by atoms with van der Waals surface area (Å²) >= 11 is 0. The number of amides is 1. The number of likely N-dealkylation sites (tertiary alicyclic amines) is 1. The lowest BCUT2D eigenvalue weighted by Gasteiger charge is -2.14. The Morgan fingerprint density at radius 3 is 2.80 bits per heavy atom. The van der Waals surface area contributed by atoms with Crippen LogP contribution < -0.4 is 4.74 Å². The number of esters is 1. The molecule has 0 bridgehead atoms. The average molecular weight is 278 g/mol. The molecule has 2 rings (SSSR count). The van der Waals surface area contributed by atoms with Gasteiger partial charge in [0.1, 0.15) is 11.9 Å². The number of hydrogen-bond donors (Lipinski definition) is 0. The van der Waals surface area contributed by atoms with Crippen molar-refractivity contribution in [3.8, 4) is 5.75 Å². The number of hydrogen-bond acceptors (Lipinski definition) is 5. The minimum atomic E-state index is -0.321. The maximum atomic E-state index is 11.8. The van der Waals surface area contributed by atoms with Crippen molar-refractivity contribution in [1.82, 2.24) is 9.88 Å². The molecular formula is C14H18N2O4. The van der Waals surface area contributed by atoms with E-state index in [0.717, 1.165) is 0 Å². The van der Waals surface area contributed by atoms with Gasteiger partial charge >= 0.3 is 5.97 Å². The van der Waals surface area contributed by atoms with Gasteiger partial charge in [0, 0.05) is 19.9 Å². The van der Waals surface area contributed by atoms with Gasteiger partial charge in [-0.05, 0) is 12.1 Å². The first kappa shape index (κ1) is 14.3. The molecule has 1 aromatic rings. The Hall–Kier alpha value is -2.11. The molecule has 6 heteroatoms. The maximum absolute atomic E-state index is 11.8. The summed E-state index contributed by atoms with van der Waals surface area (Å²) in [4.78, 5) is 28.8. The number of ether oxygens (including phenoxy) is 2. The summed E-state index contributed by atoms with van der Waals surface area (Å²) in [6.07, 6.45) is 2.18. The molecule has 1 saturated heterocycles. The molecule has 2 heterocycles. The van der Waals surface area contributed by atoms with Gasteiger partial charge in [-0.3, -0.25) is 14.6 Å². The summed E-state index contributed by atoms with van der Waals surface area (Å²) in [7, 11) is 1.56. The largest absolute Gasteiger partial charge is 0.495 e. The summed E-state index contributed by atoms with van der Waals surface area (Å²) in [6, 6.07) is 3.49. The van der Waals surface area contributed by atoms with E-state index in [1.54, 1.807) is 30.3 Å². The summed E-state index contributed by atoms with van der Waals surface area (Å²) in [6.45, 7) is 2.65. The molecule has 1 atom stereocenters. The lowest BCUT2D eigenvalue weighted by atomic mass is 10.2. The fourth-order valence-corrected chi connectivity index (χ4v) is 2.12. The van der Waals surface area contributed by atoms with Gasteiger partial charge in [0.05, 0.1) is 32.0 Å². The van der Waals surface area contributed by atoms with Crippen LogP contribution in [0.25, 0.3) is 0 Å². The molecule has 1 aliphatic heterocycles. The lowest BCUT2D eigenvalue weighted by molar-refractivity contribution is -0.148. The highest BCUT2D eigenvalue weighted by Gasteiger charge is 2.27. The maximum Gasteiger partial charge on any atom is 0.312 e. The van der Waals surface area contributed by atoms with Crippen LogP contribution in [-0.4, -0.2) is 48.1 Å². The molecular weight excluding hydrogens is 260 g/mol. The second kappa shape index (κ2) is 6.36. The second-order valence-corrected chi connectivity index (χ2v) is 4.73. The van der Waals surface area contributed by atoms with Gasteiger partial charge in [0.2, 0.25) is 5.91 Å². The van der Waals surface area contributed by atoms with Gasteiger partial charge in [-0.15, -0.1) is 0 Å². The SMILES string of the molecule is COc1ccc(CC(=O)OC2CCN(C(C)=O)C2)nc1. The number of carbonyl (C=O) groups excluding carboxylic acids is 2. The number of aromatic nitrogens is 1. The molecule has 20 heavy (non-hydrogen) atoms. The summed E-state index contributed by atoms with van der Waals surface area (Å²) < 4.78 is 10.3. The van der Waals surface area contributed by atoms with Crippen molar-refractivity contribution in [1.29, 1.82) is 0 Å². The van der Waals surface area contributed by atoms with Crippen LogP contribution in [0, 0.1) is 0 Å². The van der Waals surface area contributed by atoms with E-state index in [1.165, 1.54) is 6.92 Å². The van der Waals surface area contributed by atoms with E-state index in [4.69, 9.17) is 9.47 Å². The number of methoxy groups -OCH3 is 1. The molecule has 108 valence electrons. The van der Waals surface area contributed by atoms with E-state index in [1.807, 2.05) is 0 Å². The van der Waals surface area contributed by atoms with Gasteiger partial charge in [-0.2, -0.15) is 0 Å². The first-order valence-corrected chi connectivity index (χ1v) is 6.52. The minimum Gasteiger partial charge on any atom is -0.495 e. The second-order valence-electron chi connectivity index (χ2n) is 4.73. The molecule has 0 radical (unpaired) electrons. The van der Waals surface area contributed by atoms with Crippen molar-refractivity contribution in [2.24, 2.45) is 0 Å². The number of carbonyl (C=O) groups is 2. The van der Waals surface area contributed by atoms with E-state index in [9.17, 15) is 9.59 Å². The molecule has 1 fully saturated rings. The van der Waals surface area contributed by atoms with Gasteiger partial charge < -0.3 is 14.4 Å². The topological polar surface area (TPSA) is 68.7 Å². The Morgan fingerprint density at radius 1 is 1.45 bits per heavy atom. The highest BCUT2D eigenvalue weighted by atomic mass is 16.5. The van der Waals surface area contributed by atoms with E-state index in [0.29, 0.717) is 31.0 Å². The fraction of sp³-hybridized carbons (Fsp3) is 0.500. The number of nitrogens with zero attached hydrogens (tertiary/aromatic N) is 2. The van der Waals surface area contributed by atoms with Gasteiger partial charge in [0.15, 0.2) is 0 Å². The van der Waals surface area contributed by atoms with Crippen molar-refractivity contribution in [3.05, 3.63) is 24.0 Å². The van der Waals surface area contributed by atoms with E-state index in [-0.39, 0.29) is 24.4 Å². The van der Waals surface area contributed by atoms with Crippen LogP contribution in [-0.2, 0) is 20.7 Å². The third kappa shape index (κ3) is 3.69. The normalized spacial score (nSPS) is 17.9. The zero-order chi connectivity index (χ0) is 14.5. The number of pyridine rings is 1. The van der Waals surface area contributed by atoms with Crippen molar-refractivity contribution in [2.75, 3.05) is 20.2 Å². The highest BCUT2D eigenvalue weighted by Crippen LogP contribution is 2.14. The van der Waals surface area contributed by atoms with Crippen LogP contribution in [0.1, 0.15) is 19.0 Å². The zero-order valence-electron chi connectivity index (χ0n) is 11.7. The molecule has 1 aliphatic rings. The predicted octanol–water partition coefficient (Wildman–Crippen LogP) is 0.797. The average Bonchev–Trinajstić information content (AvgIpc) is 2.88. The molecule has 0 spiro atoms. The minimum absolute atomic E-state index is 0.0142. The van der Waals surface area contributed by atoms with Crippen molar-refractivity contribution >= 4 is 11.9 Å². The van der Waals surface area contributed by atoms with Crippen LogP contribution in [0.2, 0.25) is 0 Å². The smallest absolute Gasteiger partial charge is 0.312 e. The fourth-order valence-electron chi connectivity index (χ4n) is 2.12. The van der Waals surface area contributed by atoms with Crippen LogP contribution in [0.3, 0.4) is 0 Å². The van der Waals surface area contributed by atoms with Crippen LogP contribution in [0.15, 0.2) is 18.3 Å². The molecule has 0 saturated carbocycles. The molecule has 0 aromatic carbocycles. The lowest BCUT2D eigenvalue weighted by Crippen LogP contribution is -2.29. The Kier molecular flexibility index (Phi) is 4.55. The van der Waals surface area contributed by atoms with Crippen molar-refractivity contribution in [2.45, 2.75) is 25.9 Å². The quantitative estimate of drug-likeness (QED) is 0.762. The van der Waals surface area contributed by atoms with Gasteiger partial charge in [-0.25, -0.2) is 0 Å². The monoisotopic (exact) mass is 278 g/mol. The highest BCUT2D eigenvalue weighted by molar-refractivity contribution is 5.74. The molecule has 1 unspecified atom stereocenters. The molecule has 0 aliphatic carbocycles. The molecule has 1 amide bonds. The van der Waals surface area contributed by atoms with E-state index >= 15 is 0 Å². The zero-order valence-corrected chi connectivity index (χ0v) is 11.7. The van der Waals surface area contributed by atoms with Crippen LogP contribution in [0.4, 0.5) is 0 Å². The Balaban J connectivity index is 1.82. The Bertz CT molecular complexity index is 486. The summed E-state index contributed by atoms with van der Waals surface area (Å²) in [5, 5.41) is 0. The third-order valence-corrected chi connectivity index (χ3v) is 3.25. The van der Waals surface area contributed by atoms with E-state index in [2.05, 4.69) is 4.98 Å². The number of rotatable bonds is 4. The Labute approximate surface area is 117 Å². The van der Waals surface area contributed by atoms with Crippen LogP contribution in [0.5, 0.6) is 5.75 Å². The van der Waals surface area contributed by atoms with Gasteiger partial charge in [-0.1, -0.05) is 0 Å². The van der Waals surface area contributed by atoms with Crippen molar-refractivity contribution in [3.63, 3.8) is 0 Å². The third-order valence-electron chi connectivity index (χ3n) is 3.25. The van der Waals surface area contributed by atoms with Gasteiger partial charge in [0.25, 0.3) is 0 Å². The molecule has 6 nitrogen and oxygen atoms in total. The first-order valence-electron chi connectivity index (χ1n) is 6.52. The standard InChI is InChI=1S/C14H18N2O4/c1-10(17)16-6-5-13(9-16)20-14(18)7-11-3-4-12(19-2)8-15-11/h3-4,8,13H,5-7,9H2,1-2H3. The molecule has 1 aromatic heterocycles. The summed E-state index contributed by atoms with van der Waals surface area (Å²) in [5.41, 5.74) is 0.636. The van der Waals surface area contributed by atoms with Crippen molar-refractivity contribution < 1.29 is 19.1 Å².